The molecule has 0 unspecified atom stereocenters. The van der Waals surface area contributed by atoms with Crippen molar-refractivity contribution in [3.05, 3.63) is 59.4 Å². The van der Waals surface area contributed by atoms with E-state index in [1.54, 1.807) is 12.1 Å². The van der Waals surface area contributed by atoms with E-state index in [4.69, 9.17) is 17.5 Å². The van der Waals surface area contributed by atoms with Crippen molar-refractivity contribution in [2.75, 3.05) is 5.32 Å². The van der Waals surface area contributed by atoms with Crippen molar-refractivity contribution < 1.29 is 53.1 Å². The van der Waals surface area contributed by atoms with Crippen LogP contribution in [-0.4, -0.2) is 45.9 Å². The summed E-state index contributed by atoms with van der Waals surface area (Å²) in [5, 5.41) is 3.28. The number of carbonyl (C=O) groups is 1. The van der Waals surface area contributed by atoms with Gasteiger partial charge in [0, 0.05) is 30.2 Å². The molecule has 0 radical (unpaired) electrons. The van der Waals surface area contributed by atoms with Crippen LogP contribution in [-0.2, 0) is 29.2 Å². The van der Waals surface area contributed by atoms with Crippen LogP contribution in [0.2, 0.25) is 0 Å². The zero-order valence-corrected chi connectivity index (χ0v) is 17.3. The summed E-state index contributed by atoms with van der Waals surface area (Å²) in [6.45, 7) is -0.254. The summed E-state index contributed by atoms with van der Waals surface area (Å²) in [7, 11) is -4.67. The lowest BCUT2D eigenvalue weighted by Crippen LogP contribution is -2.51. The number of halogens is 7. The Morgan fingerprint density at radius 2 is 1.65 bits per heavy atom. The average Bonchev–Trinajstić information content (AvgIpc) is 2.69. The second-order valence-electron chi connectivity index (χ2n) is 6.69. The fourth-order valence-corrected chi connectivity index (χ4v) is 2.79. The van der Waals surface area contributed by atoms with Gasteiger partial charge in [0.1, 0.15) is 0 Å². The van der Waals surface area contributed by atoms with Crippen LogP contribution in [0.5, 0.6) is 0 Å². The zero-order chi connectivity index (χ0) is 25.9. The lowest BCUT2D eigenvalue weighted by Gasteiger charge is -2.33. The maximum absolute atomic E-state index is 14.3. The first-order valence-corrected chi connectivity index (χ1v) is 10.2. The minimum Gasteiger partial charge on any atom is -0.306 e. The number of hydrogen-bond donors (Lipinski definition) is 4. The molecule has 0 spiro atoms. The lowest BCUT2D eigenvalue weighted by molar-refractivity contribution is -0.348. The van der Waals surface area contributed by atoms with Gasteiger partial charge in [-0.3, -0.25) is 19.1 Å². The second-order valence-corrected chi connectivity index (χ2v) is 7.58. The van der Waals surface area contributed by atoms with Crippen LogP contribution in [0.1, 0.15) is 16.7 Å². The van der Waals surface area contributed by atoms with E-state index in [2.05, 4.69) is 15.7 Å². The molecule has 0 saturated heterocycles. The molecule has 2 amide bonds. The summed E-state index contributed by atoms with van der Waals surface area (Å²) in [5.41, 5.74) is -3.90. The van der Waals surface area contributed by atoms with E-state index >= 15 is 0 Å². The Labute approximate surface area is 187 Å². The van der Waals surface area contributed by atoms with E-state index < -0.39 is 40.0 Å². The summed E-state index contributed by atoms with van der Waals surface area (Å²) in [6, 6.07) is 4.29. The number of fused-ring (bicyclic) bond motifs is 1. The first kappa shape index (κ1) is 27.2. The topological polar surface area (TPSA) is 132 Å². The molecule has 4 N–H and O–H groups in total. The minimum absolute atomic E-state index is 0.00937. The number of rotatable bonds is 4. The van der Waals surface area contributed by atoms with E-state index in [9.17, 15) is 35.5 Å². The van der Waals surface area contributed by atoms with Crippen LogP contribution in [0, 0.1) is 0 Å². The van der Waals surface area contributed by atoms with Crippen molar-refractivity contribution in [1.29, 1.82) is 0 Å². The van der Waals surface area contributed by atoms with Crippen molar-refractivity contribution in [3.8, 4) is 0 Å². The molecule has 2 heterocycles. The van der Waals surface area contributed by atoms with Crippen LogP contribution in [0.3, 0.4) is 0 Å². The highest BCUT2D eigenvalue weighted by molar-refractivity contribution is 7.79. The molecule has 1 aliphatic heterocycles. The molecular weight excluding hydrogens is 505 g/mol. The number of hydrazine groups is 1. The molecule has 1 aromatic carbocycles. The summed E-state index contributed by atoms with van der Waals surface area (Å²) in [5.74, 6) is 0. The Hall–Kier alpha value is -3.02. The number of aromatic nitrogens is 1. The number of pyridine rings is 1. The third-order valence-electron chi connectivity index (χ3n) is 4.30. The molecule has 34 heavy (non-hydrogen) atoms. The van der Waals surface area contributed by atoms with Crippen molar-refractivity contribution in [1.82, 2.24) is 15.4 Å². The Morgan fingerprint density at radius 3 is 2.15 bits per heavy atom. The molecule has 9 nitrogen and oxygen atoms in total. The van der Waals surface area contributed by atoms with Crippen LogP contribution < -0.4 is 10.7 Å². The molecule has 188 valence electrons. The lowest BCUT2D eigenvalue weighted by atomic mass is 9.91. The van der Waals surface area contributed by atoms with E-state index in [1.807, 2.05) is 0 Å². The molecule has 0 saturated carbocycles. The van der Waals surface area contributed by atoms with Crippen LogP contribution in [0.25, 0.3) is 0 Å². The van der Waals surface area contributed by atoms with E-state index in [1.165, 1.54) is 12.4 Å². The zero-order valence-electron chi connectivity index (χ0n) is 16.5. The monoisotopic (exact) mass is 520 g/mol. The van der Waals surface area contributed by atoms with E-state index in [0.29, 0.717) is 17.7 Å². The number of benzene rings is 1. The standard InChI is InChI=1S/C17H13F7N4O.H2O4S/c18-15(16(19,20)21,17(22,23)24)12-3-4-13-11(6-12)9-28(14(29)27-13)26-8-10-2-1-5-25-7-10;1-5(2,3)4/h1-7,26H,8-9H2,(H,27,29);(H2,1,2,3,4). The smallest absolute Gasteiger partial charge is 0.306 e. The molecular formula is C17H15F7N4O5S. The number of hydrogen-bond acceptors (Lipinski definition) is 5. The van der Waals surface area contributed by atoms with Crippen LogP contribution in [0.4, 0.5) is 41.2 Å². The van der Waals surface area contributed by atoms with E-state index in [0.717, 1.165) is 11.1 Å². The van der Waals surface area contributed by atoms with Gasteiger partial charge in [0.05, 0.1) is 6.54 Å². The molecule has 17 heteroatoms. The molecule has 0 bridgehead atoms. The number of amides is 2. The van der Waals surface area contributed by atoms with Crippen molar-refractivity contribution in [2.45, 2.75) is 31.1 Å². The first-order valence-electron chi connectivity index (χ1n) is 8.80. The number of carbonyl (C=O) groups excluding carboxylic acids is 1. The minimum atomic E-state index is -6.21. The summed E-state index contributed by atoms with van der Waals surface area (Å²) >= 11 is 0. The largest absolute Gasteiger partial charge is 0.435 e. The molecule has 1 aromatic heterocycles. The fraction of sp³-hybridized carbons (Fsp3) is 0.294. The number of alkyl halides is 7. The highest BCUT2D eigenvalue weighted by Crippen LogP contribution is 2.53. The van der Waals surface area contributed by atoms with Gasteiger partial charge in [-0.1, -0.05) is 12.1 Å². The van der Waals surface area contributed by atoms with Crippen LogP contribution >= 0.6 is 0 Å². The highest BCUT2D eigenvalue weighted by atomic mass is 32.3. The second kappa shape index (κ2) is 9.69. The van der Waals surface area contributed by atoms with Gasteiger partial charge in [-0.25, -0.2) is 14.6 Å². The molecule has 3 rings (SSSR count). The molecule has 1 aliphatic rings. The number of nitrogens with zero attached hydrogens (tertiary/aromatic N) is 2. The fourth-order valence-electron chi connectivity index (χ4n) is 2.79. The van der Waals surface area contributed by atoms with Gasteiger partial charge >= 0.3 is 34.5 Å². The van der Waals surface area contributed by atoms with Gasteiger partial charge in [-0.15, -0.1) is 0 Å². The van der Waals surface area contributed by atoms with Gasteiger partial charge in [-0.2, -0.15) is 34.8 Å². The predicted octanol–water partition coefficient (Wildman–Crippen LogP) is 3.77. The average molecular weight is 520 g/mol. The third-order valence-corrected chi connectivity index (χ3v) is 4.30. The number of anilines is 1. The predicted molar refractivity (Wildman–Crippen MR) is 101 cm³/mol. The van der Waals surface area contributed by atoms with Crippen molar-refractivity contribution in [2.24, 2.45) is 0 Å². The van der Waals surface area contributed by atoms with Gasteiger partial charge in [0.15, 0.2) is 0 Å². The Kier molecular flexibility index (Phi) is 7.76. The number of urea groups is 1. The van der Waals surface area contributed by atoms with Gasteiger partial charge in [0.2, 0.25) is 0 Å². The summed E-state index contributed by atoms with van der Waals surface area (Å²) in [6.07, 6.45) is -9.39. The Balaban J connectivity index is 0.000000739. The number of nitrogens with one attached hydrogen (secondary N) is 2. The molecule has 0 atom stereocenters. The molecule has 0 aliphatic carbocycles. The molecule has 0 fully saturated rings. The van der Waals surface area contributed by atoms with Gasteiger partial charge in [0.25, 0.3) is 0 Å². The van der Waals surface area contributed by atoms with Crippen molar-refractivity contribution in [3.63, 3.8) is 0 Å². The summed E-state index contributed by atoms with van der Waals surface area (Å²) < 4.78 is 124. The Morgan fingerprint density at radius 1 is 1.06 bits per heavy atom. The highest BCUT2D eigenvalue weighted by Gasteiger charge is 2.73. The normalized spacial score (nSPS) is 14.6. The maximum Gasteiger partial charge on any atom is 0.435 e. The van der Waals surface area contributed by atoms with Crippen LogP contribution in [0.15, 0.2) is 42.7 Å². The molecule has 2 aromatic rings. The SMILES string of the molecule is O=C1Nc2ccc(C(F)(C(F)(F)F)C(F)(F)F)cc2CN1NCc1cccnc1.O=S(=O)(O)O. The first-order chi connectivity index (χ1) is 15.4. The van der Waals surface area contributed by atoms with Gasteiger partial charge < -0.3 is 5.32 Å². The van der Waals surface area contributed by atoms with Gasteiger partial charge in [-0.05, 0) is 29.3 Å². The van der Waals surface area contributed by atoms with E-state index in [-0.39, 0.29) is 24.3 Å². The third kappa shape index (κ3) is 6.52. The Bertz CT molecular complexity index is 1110. The maximum atomic E-state index is 14.3. The quantitative estimate of drug-likeness (QED) is 0.357. The summed E-state index contributed by atoms with van der Waals surface area (Å²) in [4.78, 5) is 16.0. The van der Waals surface area contributed by atoms with Crippen molar-refractivity contribution >= 4 is 22.1 Å².